The molecule has 0 saturated carbocycles. The first-order chi connectivity index (χ1) is 7.74. The van der Waals surface area contributed by atoms with Gasteiger partial charge in [-0.1, -0.05) is 15.9 Å². The van der Waals surface area contributed by atoms with Gasteiger partial charge in [0, 0.05) is 15.1 Å². The zero-order valence-electron chi connectivity index (χ0n) is 8.43. The zero-order valence-corrected chi connectivity index (χ0v) is 10.8. The molecule has 0 amide bonds. The van der Waals surface area contributed by atoms with Crippen molar-refractivity contribution in [3.8, 4) is 0 Å². The minimum atomic E-state index is 0.456. The van der Waals surface area contributed by atoms with Crippen LogP contribution in [0, 0.1) is 0 Å². The number of nitrogens with zero attached hydrogens (tertiary/aromatic N) is 2. The standard InChI is InChI=1S/C11H10BrN3S/c12-8-1-3-10(4-2-8)16-7-9-5-15-11(13)6-14-9/h1-6H,7H2,(H2,13,15). The molecule has 0 aliphatic rings. The second-order valence-corrected chi connectivity index (χ2v) is 5.14. The lowest BCUT2D eigenvalue weighted by Crippen LogP contribution is -1.94. The lowest BCUT2D eigenvalue weighted by atomic mass is 10.4. The molecule has 0 fully saturated rings. The van der Waals surface area contributed by atoms with Crippen molar-refractivity contribution in [1.82, 2.24) is 9.97 Å². The Morgan fingerprint density at radius 2 is 1.88 bits per heavy atom. The normalized spacial score (nSPS) is 10.3. The van der Waals surface area contributed by atoms with Crippen molar-refractivity contribution in [3.63, 3.8) is 0 Å². The summed E-state index contributed by atoms with van der Waals surface area (Å²) in [6.07, 6.45) is 3.29. The Balaban J connectivity index is 1.97. The third-order valence-electron chi connectivity index (χ3n) is 1.93. The van der Waals surface area contributed by atoms with Crippen molar-refractivity contribution in [2.45, 2.75) is 10.6 Å². The summed E-state index contributed by atoms with van der Waals surface area (Å²) in [6.45, 7) is 0. The lowest BCUT2D eigenvalue weighted by Gasteiger charge is -2.01. The Morgan fingerprint density at radius 3 is 2.50 bits per heavy atom. The smallest absolute Gasteiger partial charge is 0.141 e. The molecule has 3 nitrogen and oxygen atoms in total. The van der Waals surface area contributed by atoms with Crippen LogP contribution in [0.15, 0.2) is 46.0 Å². The van der Waals surface area contributed by atoms with E-state index < -0.39 is 0 Å². The number of hydrogen-bond acceptors (Lipinski definition) is 4. The van der Waals surface area contributed by atoms with E-state index in [2.05, 4.69) is 38.0 Å². The molecule has 82 valence electrons. The first-order valence-corrected chi connectivity index (χ1v) is 6.46. The fourth-order valence-corrected chi connectivity index (χ4v) is 2.18. The van der Waals surface area contributed by atoms with Gasteiger partial charge in [0.15, 0.2) is 0 Å². The number of hydrogen-bond donors (Lipinski definition) is 1. The van der Waals surface area contributed by atoms with E-state index in [9.17, 15) is 0 Å². The van der Waals surface area contributed by atoms with Crippen molar-refractivity contribution in [2.75, 3.05) is 5.73 Å². The number of thioether (sulfide) groups is 1. The average molecular weight is 296 g/mol. The molecular weight excluding hydrogens is 286 g/mol. The number of rotatable bonds is 3. The van der Waals surface area contributed by atoms with Gasteiger partial charge in [-0.3, -0.25) is 4.98 Å². The Bertz CT molecular complexity index is 410. The number of aromatic nitrogens is 2. The van der Waals surface area contributed by atoms with E-state index in [1.54, 1.807) is 24.2 Å². The highest BCUT2D eigenvalue weighted by atomic mass is 79.9. The van der Waals surface area contributed by atoms with E-state index >= 15 is 0 Å². The maximum absolute atomic E-state index is 5.46. The van der Waals surface area contributed by atoms with Crippen LogP contribution in [-0.2, 0) is 5.75 Å². The maximum Gasteiger partial charge on any atom is 0.141 e. The summed E-state index contributed by atoms with van der Waals surface area (Å²) in [5.41, 5.74) is 6.40. The number of nitrogens with two attached hydrogens (primary N) is 1. The monoisotopic (exact) mass is 295 g/mol. The van der Waals surface area contributed by atoms with Gasteiger partial charge in [0.25, 0.3) is 0 Å². The molecule has 0 bridgehead atoms. The molecule has 0 saturated heterocycles. The Morgan fingerprint density at radius 1 is 1.12 bits per heavy atom. The maximum atomic E-state index is 5.46. The van der Waals surface area contributed by atoms with E-state index in [1.165, 1.54) is 4.90 Å². The van der Waals surface area contributed by atoms with Crippen LogP contribution in [0.3, 0.4) is 0 Å². The van der Waals surface area contributed by atoms with Crippen molar-refractivity contribution < 1.29 is 0 Å². The average Bonchev–Trinajstić information content (AvgIpc) is 2.30. The minimum absolute atomic E-state index is 0.456. The molecule has 0 radical (unpaired) electrons. The van der Waals surface area contributed by atoms with Crippen LogP contribution in [0.4, 0.5) is 5.82 Å². The molecule has 0 atom stereocenters. The highest BCUT2D eigenvalue weighted by molar-refractivity contribution is 9.10. The number of nitrogen functional groups attached to an aromatic ring is 1. The molecule has 0 unspecified atom stereocenters. The second kappa shape index (κ2) is 5.32. The van der Waals surface area contributed by atoms with Gasteiger partial charge in [0.2, 0.25) is 0 Å². The summed E-state index contributed by atoms with van der Waals surface area (Å²) >= 11 is 5.13. The predicted molar refractivity (Wildman–Crippen MR) is 70.1 cm³/mol. The molecule has 1 heterocycles. The molecule has 2 rings (SSSR count). The van der Waals surface area contributed by atoms with Gasteiger partial charge in [-0.05, 0) is 24.3 Å². The van der Waals surface area contributed by atoms with Gasteiger partial charge in [-0.2, -0.15) is 0 Å². The summed E-state index contributed by atoms with van der Waals surface area (Å²) in [5, 5.41) is 0. The van der Waals surface area contributed by atoms with Crippen molar-refractivity contribution in [1.29, 1.82) is 0 Å². The van der Waals surface area contributed by atoms with E-state index in [1.807, 2.05) is 12.1 Å². The summed E-state index contributed by atoms with van der Waals surface area (Å²) in [6, 6.07) is 8.19. The van der Waals surface area contributed by atoms with Gasteiger partial charge >= 0.3 is 0 Å². The Labute approximate surface area is 107 Å². The molecule has 0 aliphatic carbocycles. The first kappa shape index (κ1) is 11.4. The summed E-state index contributed by atoms with van der Waals surface area (Å²) in [4.78, 5) is 9.40. The van der Waals surface area contributed by atoms with Crippen LogP contribution in [0.5, 0.6) is 0 Å². The molecule has 2 N–H and O–H groups in total. The zero-order chi connectivity index (χ0) is 11.4. The fourth-order valence-electron chi connectivity index (χ4n) is 1.13. The quantitative estimate of drug-likeness (QED) is 0.884. The minimum Gasteiger partial charge on any atom is -0.382 e. The van der Waals surface area contributed by atoms with Crippen LogP contribution in [0.2, 0.25) is 0 Å². The van der Waals surface area contributed by atoms with Crippen LogP contribution in [-0.4, -0.2) is 9.97 Å². The highest BCUT2D eigenvalue weighted by Crippen LogP contribution is 2.23. The fraction of sp³-hybridized carbons (Fsp3) is 0.0909. The van der Waals surface area contributed by atoms with E-state index in [0.29, 0.717) is 5.82 Å². The van der Waals surface area contributed by atoms with Crippen molar-refractivity contribution in [2.24, 2.45) is 0 Å². The van der Waals surface area contributed by atoms with Gasteiger partial charge in [0.05, 0.1) is 18.1 Å². The highest BCUT2D eigenvalue weighted by Gasteiger charge is 1.98. The third kappa shape index (κ3) is 3.21. The molecular formula is C11H10BrN3S. The largest absolute Gasteiger partial charge is 0.382 e. The summed E-state index contributed by atoms with van der Waals surface area (Å²) in [7, 11) is 0. The van der Waals surface area contributed by atoms with Gasteiger partial charge in [-0.15, -0.1) is 11.8 Å². The molecule has 16 heavy (non-hydrogen) atoms. The number of anilines is 1. The van der Waals surface area contributed by atoms with Crippen LogP contribution in [0.25, 0.3) is 0 Å². The second-order valence-electron chi connectivity index (χ2n) is 3.18. The summed E-state index contributed by atoms with van der Waals surface area (Å²) in [5.74, 6) is 1.26. The lowest BCUT2D eigenvalue weighted by molar-refractivity contribution is 1.11. The van der Waals surface area contributed by atoms with Crippen LogP contribution >= 0.6 is 27.7 Å². The van der Waals surface area contributed by atoms with Gasteiger partial charge in [-0.25, -0.2) is 4.98 Å². The van der Waals surface area contributed by atoms with Crippen molar-refractivity contribution >= 4 is 33.5 Å². The Hall–Kier alpha value is -1.07. The molecule has 2 aromatic rings. The molecule has 0 spiro atoms. The predicted octanol–water partition coefficient (Wildman–Crippen LogP) is 3.11. The van der Waals surface area contributed by atoms with E-state index in [-0.39, 0.29) is 0 Å². The summed E-state index contributed by atoms with van der Waals surface area (Å²) < 4.78 is 1.09. The van der Waals surface area contributed by atoms with E-state index in [4.69, 9.17) is 5.73 Å². The van der Waals surface area contributed by atoms with Crippen molar-refractivity contribution in [3.05, 3.63) is 46.8 Å². The van der Waals surface area contributed by atoms with Gasteiger partial charge in [0.1, 0.15) is 5.82 Å². The number of benzene rings is 1. The number of halogens is 1. The molecule has 1 aromatic heterocycles. The molecule has 1 aromatic carbocycles. The third-order valence-corrected chi connectivity index (χ3v) is 3.50. The molecule has 0 aliphatic heterocycles. The van der Waals surface area contributed by atoms with Gasteiger partial charge < -0.3 is 5.73 Å². The molecule has 5 heteroatoms. The Kier molecular flexibility index (Phi) is 3.79. The topological polar surface area (TPSA) is 51.8 Å². The SMILES string of the molecule is Nc1cnc(CSc2ccc(Br)cc2)cn1. The van der Waals surface area contributed by atoms with E-state index in [0.717, 1.165) is 15.9 Å². The van der Waals surface area contributed by atoms with Crippen LogP contribution in [0.1, 0.15) is 5.69 Å². The van der Waals surface area contributed by atoms with Crippen LogP contribution < -0.4 is 5.73 Å². The first-order valence-electron chi connectivity index (χ1n) is 4.69.